The Kier molecular flexibility index (Phi) is 4.29. The third-order valence-corrected chi connectivity index (χ3v) is 3.47. The smallest absolute Gasteiger partial charge is 0.229 e. The lowest BCUT2D eigenvalue weighted by Crippen LogP contribution is -2.12. The number of aryl methyl sites for hydroxylation is 1. The van der Waals surface area contributed by atoms with Crippen LogP contribution < -0.4 is 10.2 Å². The molecular formula is C18H18N4O2. The minimum absolute atomic E-state index is 0.316. The molecule has 0 aliphatic heterocycles. The van der Waals surface area contributed by atoms with Crippen LogP contribution in [0.25, 0.3) is 11.3 Å². The monoisotopic (exact) mass is 322 g/mol. The zero-order chi connectivity index (χ0) is 17.1. The topological polar surface area (TPSA) is 71.3 Å². The number of nitrogens with zero attached hydrogens (tertiary/aromatic N) is 3. The summed E-state index contributed by atoms with van der Waals surface area (Å²) in [5.74, 6) is 2.37. The number of hydrogen-bond acceptors (Lipinski definition) is 6. The summed E-state index contributed by atoms with van der Waals surface area (Å²) in [6.07, 6.45) is 0.691. The predicted octanol–water partition coefficient (Wildman–Crippen LogP) is 3.67. The number of nitrogens with one attached hydrogen (secondary N) is 1. The number of carbonyl (C=O) groups excluding carboxylic acids is 1. The summed E-state index contributed by atoms with van der Waals surface area (Å²) < 4.78 is 5.42. The van der Waals surface area contributed by atoms with Crippen LogP contribution in [0.3, 0.4) is 0 Å². The maximum atomic E-state index is 10.7. The SMILES string of the molecule is Cc1cc(N(C)C)nc(Nc2ccc(-c3ccc(C=O)o3)cc2)n1. The van der Waals surface area contributed by atoms with E-state index >= 15 is 0 Å². The lowest BCUT2D eigenvalue weighted by Gasteiger charge is -2.13. The first-order valence-corrected chi connectivity index (χ1v) is 7.50. The first kappa shape index (κ1) is 15.7. The Morgan fingerprint density at radius 1 is 1.08 bits per heavy atom. The van der Waals surface area contributed by atoms with Crippen molar-refractivity contribution in [2.24, 2.45) is 0 Å². The third-order valence-electron chi connectivity index (χ3n) is 3.47. The second kappa shape index (κ2) is 6.54. The average Bonchev–Trinajstić information content (AvgIpc) is 3.04. The lowest BCUT2D eigenvalue weighted by atomic mass is 10.1. The number of furan rings is 1. The summed E-state index contributed by atoms with van der Waals surface area (Å²) in [6, 6.07) is 13.0. The molecule has 0 saturated carbocycles. The highest BCUT2D eigenvalue weighted by Crippen LogP contribution is 2.24. The molecule has 6 nitrogen and oxygen atoms in total. The summed E-state index contributed by atoms with van der Waals surface area (Å²) in [5.41, 5.74) is 2.66. The maximum Gasteiger partial charge on any atom is 0.229 e. The number of carbonyl (C=O) groups is 1. The Morgan fingerprint density at radius 3 is 2.46 bits per heavy atom. The standard InChI is InChI=1S/C18H18N4O2/c1-12-10-17(22(2)3)21-18(19-12)20-14-6-4-13(5-7-14)16-9-8-15(11-23)24-16/h4-11H,1-3H3,(H,19,20,21). The van der Waals surface area contributed by atoms with Gasteiger partial charge in [0.15, 0.2) is 12.0 Å². The fourth-order valence-corrected chi connectivity index (χ4v) is 2.26. The van der Waals surface area contributed by atoms with Gasteiger partial charge in [-0.1, -0.05) is 0 Å². The molecule has 24 heavy (non-hydrogen) atoms. The Hall–Kier alpha value is -3.15. The highest BCUT2D eigenvalue weighted by atomic mass is 16.3. The molecule has 6 heteroatoms. The van der Waals surface area contributed by atoms with Gasteiger partial charge in [-0.25, -0.2) is 4.98 Å². The van der Waals surface area contributed by atoms with Crippen LogP contribution in [-0.4, -0.2) is 30.3 Å². The molecule has 0 bridgehead atoms. The summed E-state index contributed by atoms with van der Waals surface area (Å²) in [4.78, 5) is 21.5. The quantitative estimate of drug-likeness (QED) is 0.723. The zero-order valence-corrected chi connectivity index (χ0v) is 13.8. The third kappa shape index (κ3) is 3.43. The van der Waals surface area contributed by atoms with Gasteiger partial charge in [0, 0.05) is 37.1 Å². The first-order chi connectivity index (χ1) is 11.5. The number of rotatable bonds is 5. The van der Waals surface area contributed by atoms with E-state index in [-0.39, 0.29) is 0 Å². The van der Waals surface area contributed by atoms with Gasteiger partial charge in [0.05, 0.1) is 0 Å². The molecule has 122 valence electrons. The van der Waals surface area contributed by atoms with Crippen LogP contribution in [0.2, 0.25) is 0 Å². The van der Waals surface area contributed by atoms with E-state index in [9.17, 15) is 4.79 Å². The van der Waals surface area contributed by atoms with Crippen molar-refractivity contribution >= 4 is 23.7 Å². The maximum absolute atomic E-state index is 10.7. The van der Waals surface area contributed by atoms with Crippen molar-refractivity contribution in [1.82, 2.24) is 9.97 Å². The van der Waals surface area contributed by atoms with Gasteiger partial charge in [0.2, 0.25) is 5.95 Å². The van der Waals surface area contributed by atoms with Crippen molar-refractivity contribution in [2.75, 3.05) is 24.3 Å². The molecule has 1 aromatic carbocycles. The van der Waals surface area contributed by atoms with Gasteiger partial charge in [0.25, 0.3) is 0 Å². The van der Waals surface area contributed by atoms with Crippen molar-refractivity contribution in [3.05, 3.63) is 53.9 Å². The van der Waals surface area contributed by atoms with Crippen molar-refractivity contribution in [2.45, 2.75) is 6.92 Å². The number of aromatic nitrogens is 2. The van der Waals surface area contributed by atoms with Gasteiger partial charge in [-0.15, -0.1) is 0 Å². The number of aldehydes is 1. The molecule has 0 radical (unpaired) electrons. The van der Waals surface area contributed by atoms with Crippen molar-refractivity contribution in [1.29, 1.82) is 0 Å². The molecule has 2 aromatic heterocycles. The van der Waals surface area contributed by atoms with Crippen molar-refractivity contribution in [3.8, 4) is 11.3 Å². The van der Waals surface area contributed by atoms with E-state index in [0.717, 1.165) is 22.8 Å². The van der Waals surface area contributed by atoms with Crippen molar-refractivity contribution in [3.63, 3.8) is 0 Å². The molecule has 0 saturated heterocycles. The Morgan fingerprint density at radius 2 is 1.83 bits per heavy atom. The summed E-state index contributed by atoms with van der Waals surface area (Å²) in [7, 11) is 3.88. The summed E-state index contributed by atoms with van der Waals surface area (Å²) in [5, 5.41) is 3.20. The molecule has 3 rings (SSSR count). The van der Waals surface area contributed by atoms with E-state index in [1.54, 1.807) is 12.1 Å². The highest BCUT2D eigenvalue weighted by molar-refractivity contribution is 5.73. The number of hydrogen-bond donors (Lipinski definition) is 1. The van der Waals surface area contributed by atoms with Gasteiger partial charge in [0.1, 0.15) is 11.6 Å². The minimum atomic E-state index is 0.316. The second-order valence-electron chi connectivity index (χ2n) is 5.61. The Balaban J connectivity index is 1.80. The minimum Gasteiger partial charge on any atom is -0.453 e. The van der Waals surface area contributed by atoms with Gasteiger partial charge >= 0.3 is 0 Å². The molecular weight excluding hydrogens is 304 g/mol. The predicted molar refractivity (Wildman–Crippen MR) is 93.9 cm³/mol. The van der Waals surface area contributed by atoms with Crippen LogP contribution in [-0.2, 0) is 0 Å². The van der Waals surface area contributed by atoms with Crippen LogP contribution in [0, 0.1) is 6.92 Å². The second-order valence-corrected chi connectivity index (χ2v) is 5.61. The van der Waals surface area contributed by atoms with E-state index in [4.69, 9.17) is 4.42 Å². The molecule has 0 aliphatic rings. The first-order valence-electron chi connectivity index (χ1n) is 7.50. The highest BCUT2D eigenvalue weighted by Gasteiger charge is 2.06. The zero-order valence-electron chi connectivity index (χ0n) is 13.8. The Bertz CT molecular complexity index is 854. The van der Waals surface area contributed by atoms with E-state index in [1.807, 2.05) is 56.3 Å². The van der Waals surface area contributed by atoms with E-state index in [2.05, 4.69) is 15.3 Å². The average molecular weight is 322 g/mol. The van der Waals surface area contributed by atoms with Crippen LogP contribution in [0.15, 0.2) is 46.9 Å². The van der Waals surface area contributed by atoms with Crippen LogP contribution in [0.5, 0.6) is 0 Å². The van der Waals surface area contributed by atoms with Crippen LogP contribution >= 0.6 is 0 Å². The van der Waals surface area contributed by atoms with E-state index < -0.39 is 0 Å². The molecule has 0 aliphatic carbocycles. The number of anilines is 3. The summed E-state index contributed by atoms with van der Waals surface area (Å²) >= 11 is 0. The molecule has 0 spiro atoms. The van der Waals surface area contributed by atoms with Gasteiger partial charge in [-0.2, -0.15) is 4.98 Å². The normalized spacial score (nSPS) is 10.5. The molecule has 0 atom stereocenters. The molecule has 1 N–H and O–H groups in total. The van der Waals surface area contributed by atoms with Crippen LogP contribution in [0.1, 0.15) is 16.2 Å². The van der Waals surface area contributed by atoms with Gasteiger partial charge in [-0.05, 0) is 43.3 Å². The van der Waals surface area contributed by atoms with Gasteiger partial charge < -0.3 is 14.6 Å². The van der Waals surface area contributed by atoms with Crippen molar-refractivity contribution < 1.29 is 9.21 Å². The van der Waals surface area contributed by atoms with E-state index in [0.29, 0.717) is 23.8 Å². The summed E-state index contributed by atoms with van der Waals surface area (Å²) in [6.45, 7) is 1.94. The molecule has 0 unspecified atom stereocenters. The molecule has 3 aromatic rings. The molecule has 2 heterocycles. The molecule has 0 amide bonds. The number of benzene rings is 1. The lowest BCUT2D eigenvalue weighted by molar-refractivity contribution is 0.110. The fourth-order valence-electron chi connectivity index (χ4n) is 2.26. The molecule has 0 fully saturated rings. The van der Waals surface area contributed by atoms with E-state index in [1.165, 1.54) is 0 Å². The van der Waals surface area contributed by atoms with Crippen LogP contribution in [0.4, 0.5) is 17.5 Å². The fraction of sp³-hybridized carbons (Fsp3) is 0.167. The van der Waals surface area contributed by atoms with Gasteiger partial charge in [-0.3, -0.25) is 4.79 Å². The Labute approximate surface area is 140 Å². The largest absolute Gasteiger partial charge is 0.453 e.